The van der Waals surface area contributed by atoms with E-state index in [1.54, 1.807) is 6.07 Å². The Morgan fingerprint density at radius 3 is 2.09 bits per heavy atom. The number of hydrogen-bond donors (Lipinski definition) is 1. The topological polar surface area (TPSA) is 25.2 Å². The molecule has 0 bridgehead atoms. The third-order valence-electron chi connectivity index (χ3n) is 6.98. The van der Waals surface area contributed by atoms with Crippen LogP contribution in [0.25, 0.3) is 38.6 Å². The van der Waals surface area contributed by atoms with Crippen LogP contribution >= 0.6 is 0 Å². The van der Waals surface area contributed by atoms with Crippen molar-refractivity contribution in [2.24, 2.45) is 0 Å². The van der Waals surface area contributed by atoms with E-state index in [0.29, 0.717) is 11.1 Å². The minimum atomic E-state index is -1.80. The van der Waals surface area contributed by atoms with E-state index in [1.807, 2.05) is 30.3 Å². The van der Waals surface area contributed by atoms with Crippen molar-refractivity contribution in [3.05, 3.63) is 90.7 Å². The van der Waals surface area contributed by atoms with E-state index in [4.69, 9.17) is 0 Å². The second kappa shape index (κ2) is 8.77. The van der Waals surface area contributed by atoms with Gasteiger partial charge in [-0.3, -0.25) is 0 Å². The Kier molecular flexibility index (Phi) is 5.78. The van der Waals surface area contributed by atoms with Crippen molar-refractivity contribution in [3.63, 3.8) is 0 Å². The van der Waals surface area contributed by atoms with Crippen LogP contribution in [-0.2, 0) is 0 Å². The Balaban J connectivity index is 1.86. The van der Waals surface area contributed by atoms with Crippen LogP contribution in [0.5, 0.6) is 5.75 Å². The highest BCUT2D eigenvalue weighted by molar-refractivity contribution is 6.89. The maximum absolute atomic E-state index is 14.2. The minimum absolute atomic E-state index is 0.182. The summed E-state index contributed by atoms with van der Waals surface area (Å²) in [5.41, 5.74) is 4.24. The van der Waals surface area contributed by atoms with Gasteiger partial charge in [-0.25, -0.2) is 4.39 Å². The van der Waals surface area contributed by atoms with Crippen molar-refractivity contribution in [1.29, 1.82) is 0 Å². The predicted molar refractivity (Wildman–Crippen MR) is 145 cm³/mol. The summed E-state index contributed by atoms with van der Waals surface area (Å²) in [4.78, 5) is 0. The second-order valence-electron chi connectivity index (χ2n) is 9.76. The fourth-order valence-corrected chi connectivity index (χ4v) is 7.59. The number of phenols is 1. The molecule has 0 aliphatic rings. The monoisotopic (exact) mass is 467 g/mol. The van der Waals surface area contributed by atoms with E-state index < -0.39 is 8.07 Å². The molecule has 0 aliphatic carbocycles. The zero-order chi connectivity index (χ0) is 23.9. The molecule has 0 spiro atoms. The second-order valence-corrected chi connectivity index (χ2v) is 14.6. The molecule has 0 fully saturated rings. The first-order valence-electron chi connectivity index (χ1n) is 12.0. The van der Waals surface area contributed by atoms with Gasteiger partial charge in [0.15, 0.2) is 0 Å². The van der Waals surface area contributed by atoms with Crippen LogP contribution in [0, 0.1) is 5.82 Å². The number of halogens is 1. The lowest BCUT2D eigenvalue weighted by Gasteiger charge is -2.26. The molecule has 4 heteroatoms. The molecule has 0 atom stereocenters. The van der Waals surface area contributed by atoms with E-state index in [-0.39, 0.29) is 11.6 Å². The van der Waals surface area contributed by atoms with Gasteiger partial charge in [-0.2, -0.15) is 0 Å². The first-order chi connectivity index (χ1) is 16.4. The molecule has 0 saturated heterocycles. The van der Waals surface area contributed by atoms with Gasteiger partial charge in [0.1, 0.15) is 11.6 Å². The molecule has 2 nitrogen and oxygen atoms in total. The molecule has 0 saturated carbocycles. The SMILES string of the molecule is CCCC[Si](C)(C)c1cc(-c2cccc(F)c2)c(O)c(-n2c3ccccc3c3ccccc32)c1. The molecule has 34 heavy (non-hydrogen) atoms. The minimum Gasteiger partial charge on any atom is -0.505 e. The lowest BCUT2D eigenvalue weighted by Crippen LogP contribution is -2.41. The number of hydrogen-bond acceptors (Lipinski definition) is 1. The Labute approximate surface area is 201 Å². The molecule has 0 radical (unpaired) electrons. The molecule has 1 heterocycles. The lowest BCUT2D eigenvalue weighted by molar-refractivity contribution is 0.475. The number of para-hydroxylation sites is 2. The van der Waals surface area contributed by atoms with Crippen LogP contribution in [0.4, 0.5) is 4.39 Å². The molecule has 172 valence electrons. The number of aromatic nitrogens is 1. The average molecular weight is 468 g/mol. The molecular formula is C30H30FNOSi. The van der Waals surface area contributed by atoms with Gasteiger partial charge in [-0.15, -0.1) is 0 Å². The average Bonchev–Trinajstić information content (AvgIpc) is 3.17. The van der Waals surface area contributed by atoms with E-state index in [1.165, 1.54) is 29.8 Å². The first kappa shape index (κ1) is 22.4. The van der Waals surface area contributed by atoms with Crippen molar-refractivity contribution in [2.45, 2.75) is 38.9 Å². The third kappa shape index (κ3) is 3.82. The molecule has 0 aliphatic heterocycles. The highest BCUT2D eigenvalue weighted by Gasteiger charge is 2.27. The van der Waals surface area contributed by atoms with E-state index in [9.17, 15) is 9.50 Å². The number of benzene rings is 4. The Morgan fingerprint density at radius 2 is 1.47 bits per heavy atom. The summed E-state index contributed by atoms with van der Waals surface area (Å²) >= 11 is 0. The summed E-state index contributed by atoms with van der Waals surface area (Å²) < 4.78 is 16.4. The number of aromatic hydroxyl groups is 1. The summed E-state index contributed by atoms with van der Waals surface area (Å²) in [7, 11) is -1.80. The first-order valence-corrected chi connectivity index (χ1v) is 15.2. The number of rotatable bonds is 6. The van der Waals surface area contributed by atoms with Gasteiger partial charge >= 0.3 is 0 Å². The van der Waals surface area contributed by atoms with Gasteiger partial charge in [-0.05, 0) is 35.9 Å². The number of unbranched alkanes of at least 4 members (excludes halogenated alkanes) is 1. The fourth-order valence-electron chi connectivity index (χ4n) is 5.00. The maximum atomic E-state index is 14.2. The third-order valence-corrected chi connectivity index (χ3v) is 10.4. The van der Waals surface area contributed by atoms with E-state index in [0.717, 1.165) is 33.9 Å². The van der Waals surface area contributed by atoms with Crippen molar-refractivity contribution in [1.82, 2.24) is 4.57 Å². The van der Waals surface area contributed by atoms with Crippen molar-refractivity contribution < 1.29 is 9.50 Å². The molecule has 1 aromatic heterocycles. The standard InChI is InChI=1S/C30H30FNOSi/c1-4-5-17-34(2,3)23-19-26(21-11-10-12-22(31)18-21)30(33)29(20-23)32-27-15-8-6-13-24(27)25-14-7-9-16-28(25)32/h6-16,18-20,33H,4-5,17H2,1-3H3. The summed E-state index contributed by atoms with van der Waals surface area (Å²) in [5, 5.41) is 15.2. The van der Waals surface area contributed by atoms with Crippen molar-refractivity contribution in [2.75, 3.05) is 0 Å². The van der Waals surface area contributed by atoms with Gasteiger partial charge in [0.25, 0.3) is 0 Å². The molecule has 4 aromatic carbocycles. The molecule has 0 unspecified atom stereocenters. The Hall–Kier alpha value is -3.37. The molecule has 1 N–H and O–H groups in total. The van der Waals surface area contributed by atoms with Gasteiger partial charge in [0, 0.05) is 16.3 Å². The smallest absolute Gasteiger partial charge is 0.147 e. The van der Waals surface area contributed by atoms with E-state index in [2.05, 4.69) is 61.0 Å². The van der Waals surface area contributed by atoms with Crippen LogP contribution in [-0.4, -0.2) is 17.7 Å². The van der Waals surface area contributed by atoms with Gasteiger partial charge in [0.2, 0.25) is 0 Å². The summed E-state index contributed by atoms with van der Waals surface area (Å²) in [6.07, 6.45) is 2.34. The van der Waals surface area contributed by atoms with Crippen LogP contribution in [0.3, 0.4) is 0 Å². The van der Waals surface area contributed by atoms with Gasteiger partial charge < -0.3 is 9.67 Å². The molecule has 5 rings (SSSR count). The quantitative estimate of drug-likeness (QED) is 0.251. The number of phenolic OH excluding ortho intramolecular Hbond substituents is 1. The maximum Gasteiger partial charge on any atom is 0.147 e. The van der Waals surface area contributed by atoms with Crippen LogP contribution in [0.1, 0.15) is 19.8 Å². The van der Waals surface area contributed by atoms with Gasteiger partial charge in [-0.1, -0.05) is 98.7 Å². The summed E-state index contributed by atoms with van der Waals surface area (Å²) in [5.74, 6) is -0.121. The molecule has 0 amide bonds. The van der Waals surface area contributed by atoms with Crippen LogP contribution in [0.15, 0.2) is 84.9 Å². The Morgan fingerprint density at radius 1 is 0.824 bits per heavy atom. The van der Waals surface area contributed by atoms with E-state index >= 15 is 0 Å². The highest BCUT2D eigenvalue weighted by Crippen LogP contribution is 2.39. The molecular weight excluding hydrogens is 437 g/mol. The van der Waals surface area contributed by atoms with Crippen molar-refractivity contribution >= 4 is 35.1 Å². The van der Waals surface area contributed by atoms with Crippen LogP contribution in [0.2, 0.25) is 19.1 Å². The predicted octanol–water partition coefficient (Wildman–Crippen LogP) is 8.01. The van der Waals surface area contributed by atoms with Gasteiger partial charge in [0.05, 0.1) is 24.8 Å². The zero-order valence-electron chi connectivity index (χ0n) is 20.0. The largest absolute Gasteiger partial charge is 0.505 e. The number of nitrogens with zero attached hydrogens (tertiary/aromatic N) is 1. The molecule has 5 aromatic rings. The lowest BCUT2D eigenvalue weighted by atomic mass is 10.0. The van der Waals surface area contributed by atoms with Crippen LogP contribution < -0.4 is 5.19 Å². The highest BCUT2D eigenvalue weighted by atomic mass is 28.3. The summed E-state index contributed by atoms with van der Waals surface area (Å²) in [6.45, 7) is 7.00. The zero-order valence-corrected chi connectivity index (χ0v) is 21.0. The van der Waals surface area contributed by atoms with Crippen molar-refractivity contribution in [3.8, 4) is 22.6 Å². The normalized spacial score (nSPS) is 12.0. The Bertz CT molecular complexity index is 1450. The fraction of sp³-hybridized carbons (Fsp3) is 0.200. The number of fused-ring (bicyclic) bond motifs is 3. The summed E-state index contributed by atoms with van der Waals surface area (Å²) in [6, 6.07) is 28.6.